The van der Waals surface area contributed by atoms with Gasteiger partial charge in [0.05, 0.1) is 11.6 Å². The summed E-state index contributed by atoms with van der Waals surface area (Å²) < 4.78 is 21.6. The molecule has 5 nitrogen and oxygen atoms in total. The van der Waals surface area contributed by atoms with Crippen molar-refractivity contribution < 1.29 is 8.42 Å². The molecule has 0 spiro atoms. The Kier molecular flexibility index (Phi) is 1.26. The van der Waals surface area contributed by atoms with Crippen LogP contribution in [0.25, 0.3) is 0 Å². The summed E-state index contributed by atoms with van der Waals surface area (Å²) in [6.07, 6.45) is 2.60. The molecule has 0 saturated heterocycles. The number of nitrogens with two attached hydrogens (primary N) is 1. The number of hydrazine groups is 1. The van der Waals surface area contributed by atoms with Crippen LogP contribution in [0.15, 0.2) is 16.6 Å². The molecule has 0 aromatic carbocycles. The first-order valence-electron chi connectivity index (χ1n) is 2.13. The second-order valence-corrected chi connectivity index (χ2v) is 3.09. The molecule has 0 saturated carbocycles. The quantitative estimate of drug-likeness (QED) is 0.447. The maximum atomic E-state index is 10.6. The highest BCUT2D eigenvalue weighted by atomic mass is 32.2. The van der Waals surface area contributed by atoms with E-state index in [9.17, 15) is 8.42 Å². The van der Waals surface area contributed by atoms with Crippen molar-refractivity contribution in [1.82, 2.24) is 4.52 Å². The molecule has 0 unspecified atom stereocenters. The number of hydrazone groups is 1. The number of nitrogens with zero attached hydrogens (tertiary/aromatic N) is 2. The van der Waals surface area contributed by atoms with Crippen LogP contribution in [0.1, 0.15) is 0 Å². The molecule has 1 rings (SSSR count). The maximum absolute atomic E-state index is 10.6. The fourth-order valence-electron chi connectivity index (χ4n) is 0.367. The van der Waals surface area contributed by atoms with Gasteiger partial charge in [0, 0.05) is 0 Å². The molecule has 0 atom stereocenters. The second-order valence-electron chi connectivity index (χ2n) is 1.41. The monoisotopic (exact) mass is 147 g/mol. The molecule has 6 heteroatoms. The Morgan fingerprint density at radius 2 is 2.22 bits per heavy atom. The molecule has 2 N–H and O–H groups in total. The smallest absolute Gasteiger partial charge is 0.216 e. The van der Waals surface area contributed by atoms with Gasteiger partial charge >= 0.3 is 0 Å². The highest BCUT2D eigenvalue weighted by Gasteiger charge is 2.13. The van der Waals surface area contributed by atoms with Gasteiger partial charge in [-0.15, -0.1) is 4.52 Å². The Balaban J connectivity index is 3.06. The molecule has 1 aliphatic rings. The van der Waals surface area contributed by atoms with Gasteiger partial charge in [0.25, 0.3) is 10.0 Å². The standard InChI is InChI=1S/C3H5N3O2S/c4-6-5-2-1-3-9(6,7)8/h1-3H,4H2. The van der Waals surface area contributed by atoms with Crippen molar-refractivity contribution in [1.29, 1.82) is 0 Å². The highest BCUT2D eigenvalue weighted by molar-refractivity contribution is 7.92. The van der Waals surface area contributed by atoms with E-state index in [2.05, 4.69) is 5.10 Å². The number of sulfonamides is 1. The largest absolute Gasteiger partial charge is 0.286 e. The molecule has 0 fully saturated rings. The van der Waals surface area contributed by atoms with Crippen LogP contribution in [0, 0.1) is 0 Å². The summed E-state index contributed by atoms with van der Waals surface area (Å²) in [7, 11) is -3.43. The van der Waals surface area contributed by atoms with Crippen LogP contribution >= 0.6 is 0 Å². The normalized spacial score (nSPS) is 22.6. The fraction of sp³-hybridized carbons (Fsp3) is 0. The number of rotatable bonds is 0. The fourth-order valence-corrected chi connectivity index (χ4v) is 0.946. The Labute approximate surface area is 52.5 Å². The van der Waals surface area contributed by atoms with Gasteiger partial charge in [0.2, 0.25) is 0 Å². The van der Waals surface area contributed by atoms with Gasteiger partial charge < -0.3 is 0 Å². The zero-order valence-corrected chi connectivity index (χ0v) is 5.25. The average molecular weight is 147 g/mol. The summed E-state index contributed by atoms with van der Waals surface area (Å²) in [5.41, 5.74) is 0. The molecule has 1 aliphatic heterocycles. The third-order valence-electron chi connectivity index (χ3n) is 0.778. The minimum absolute atomic E-state index is 0.410. The van der Waals surface area contributed by atoms with E-state index in [1.807, 2.05) is 0 Å². The SMILES string of the molecule is NN1N=CC=CS1(=O)=O. The minimum atomic E-state index is -3.43. The Morgan fingerprint density at radius 3 is 2.56 bits per heavy atom. The van der Waals surface area contributed by atoms with Crippen LogP contribution in [0.2, 0.25) is 0 Å². The first-order chi connectivity index (χ1) is 4.13. The maximum Gasteiger partial charge on any atom is 0.286 e. The zero-order chi connectivity index (χ0) is 6.91. The van der Waals surface area contributed by atoms with Crippen LogP contribution in [0.5, 0.6) is 0 Å². The van der Waals surface area contributed by atoms with Crippen molar-refractivity contribution in [3.05, 3.63) is 11.5 Å². The molecule has 0 aliphatic carbocycles. The third-order valence-corrected chi connectivity index (χ3v) is 1.89. The summed E-state index contributed by atoms with van der Waals surface area (Å²) >= 11 is 0. The van der Waals surface area contributed by atoms with Gasteiger partial charge in [-0.2, -0.15) is 13.5 Å². The van der Waals surface area contributed by atoms with E-state index >= 15 is 0 Å². The Bertz CT molecular complexity index is 252. The lowest BCUT2D eigenvalue weighted by molar-refractivity contribution is 0.455. The Hall–Kier alpha value is -0.880. The number of allylic oxidation sites excluding steroid dienone is 1. The summed E-state index contributed by atoms with van der Waals surface area (Å²) in [4.78, 5) is 0. The number of hydrogen-bond donors (Lipinski definition) is 1. The summed E-state index contributed by atoms with van der Waals surface area (Å²) in [5.74, 6) is 4.91. The van der Waals surface area contributed by atoms with Gasteiger partial charge in [-0.25, -0.2) is 5.84 Å². The van der Waals surface area contributed by atoms with Crippen molar-refractivity contribution in [3.8, 4) is 0 Å². The molecule has 0 amide bonds. The van der Waals surface area contributed by atoms with E-state index in [1.54, 1.807) is 0 Å². The second kappa shape index (κ2) is 1.82. The molecular weight excluding hydrogens is 142 g/mol. The molecule has 1 heterocycles. The molecule has 9 heavy (non-hydrogen) atoms. The van der Waals surface area contributed by atoms with Gasteiger partial charge in [-0.3, -0.25) is 0 Å². The molecule has 0 aromatic rings. The van der Waals surface area contributed by atoms with Crippen LogP contribution in [-0.2, 0) is 10.0 Å². The van der Waals surface area contributed by atoms with E-state index < -0.39 is 10.0 Å². The lowest BCUT2D eigenvalue weighted by Gasteiger charge is -2.10. The van der Waals surface area contributed by atoms with E-state index in [1.165, 1.54) is 12.3 Å². The van der Waals surface area contributed by atoms with E-state index in [-0.39, 0.29) is 0 Å². The third kappa shape index (κ3) is 1.08. The lowest BCUT2D eigenvalue weighted by Crippen LogP contribution is -2.32. The molecule has 0 aromatic heterocycles. The summed E-state index contributed by atoms with van der Waals surface area (Å²) in [5, 5.41) is 4.27. The number of hydrogen-bond acceptors (Lipinski definition) is 4. The predicted octanol–water partition coefficient (Wildman–Crippen LogP) is -0.995. The first-order valence-corrected chi connectivity index (χ1v) is 3.64. The van der Waals surface area contributed by atoms with Crippen LogP contribution in [0.3, 0.4) is 0 Å². The molecular formula is C3H5N3O2S. The van der Waals surface area contributed by atoms with Crippen molar-refractivity contribution in [3.63, 3.8) is 0 Å². The van der Waals surface area contributed by atoms with Crippen molar-refractivity contribution in [2.24, 2.45) is 10.9 Å². The Morgan fingerprint density at radius 1 is 1.56 bits per heavy atom. The molecule has 0 radical (unpaired) electrons. The van der Waals surface area contributed by atoms with E-state index in [0.717, 1.165) is 5.41 Å². The molecule has 0 bridgehead atoms. The zero-order valence-electron chi connectivity index (χ0n) is 4.43. The first kappa shape index (κ1) is 6.24. The van der Waals surface area contributed by atoms with Gasteiger partial charge in [-0.1, -0.05) is 0 Å². The van der Waals surface area contributed by atoms with Gasteiger partial charge in [0.1, 0.15) is 0 Å². The minimum Gasteiger partial charge on any atom is -0.216 e. The van der Waals surface area contributed by atoms with Crippen molar-refractivity contribution in [2.45, 2.75) is 0 Å². The average Bonchev–Trinajstić information content (AvgIpc) is 1.77. The lowest BCUT2D eigenvalue weighted by atomic mass is 10.7. The van der Waals surface area contributed by atoms with Crippen molar-refractivity contribution in [2.75, 3.05) is 0 Å². The topological polar surface area (TPSA) is 75.8 Å². The molecule has 50 valence electrons. The van der Waals surface area contributed by atoms with E-state index in [0.29, 0.717) is 4.52 Å². The van der Waals surface area contributed by atoms with Gasteiger partial charge in [0.15, 0.2) is 0 Å². The summed E-state index contributed by atoms with van der Waals surface area (Å²) in [6, 6.07) is 0. The van der Waals surface area contributed by atoms with Crippen LogP contribution in [0.4, 0.5) is 0 Å². The van der Waals surface area contributed by atoms with Gasteiger partial charge in [-0.05, 0) is 6.08 Å². The van der Waals surface area contributed by atoms with E-state index in [4.69, 9.17) is 5.84 Å². The highest BCUT2D eigenvalue weighted by Crippen LogP contribution is 1.99. The predicted molar refractivity (Wildman–Crippen MR) is 32.6 cm³/mol. The summed E-state index contributed by atoms with van der Waals surface area (Å²) in [6.45, 7) is 0. The van der Waals surface area contributed by atoms with Crippen LogP contribution in [-0.4, -0.2) is 19.2 Å². The van der Waals surface area contributed by atoms with Crippen molar-refractivity contribution >= 4 is 16.2 Å². The van der Waals surface area contributed by atoms with Crippen LogP contribution < -0.4 is 5.84 Å².